The zero-order valence-corrected chi connectivity index (χ0v) is 19.1. The average molecular weight is 461 g/mol. The number of rotatable bonds is 10. The standard InChI is InChI=1S/C23H26ClFN4OS/c1-27(15-17-3-4-17)13-2-14-28-23(31)29(20-9-5-18(24)6-10-20)22(26-28)16-30-21-11-7-19(25)8-12-21/h5-12,17H,2-4,13-16H2,1H3. The maximum atomic E-state index is 13.2. The van der Waals surface area contributed by atoms with Crippen molar-refractivity contribution in [2.45, 2.75) is 32.4 Å². The van der Waals surface area contributed by atoms with Crippen molar-refractivity contribution in [2.75, 3.05) is 20.1 Å². The molecule has 164 valence electrons. The van der Waals surface area contributed by atoms with Crippen molar-refractivity contribution < 1.29 is 9.13 Å². The summed E-state index contributed by atoms with van der Waals surface area (Å²) in [5.41, 5.74) is 0.879. The highest BCUT2D eigenvalue weighted by atomic mass is 35.5. The summed E-state index contributed by atoms with van der Waals surface area (Å²) < 4.78 is 23.4. The fourth-order valence-corrected chi connectivity index (χ4v) is 4.01. The van der Waals surface area contributed by atoms with Crippen LogP contribution in [0.2, 0.25) is 5.02 Å². The molecule has 1 saturated carbocycles. The molecule has 1 aromatic heterocycles. The first-order valence-electron chi connectivity index (χ1n) is 10.5. The largest absolute Gasteiger partial charge is 0.486 e. The summed E-state index contributed by atoms with van der Waals surface area (Å²) >= 11 is 11.8. The Kier molecular flexibility index (Phi) is 7.05. The van der Waals surface area contributed by atoms with Crippen LogP contribution in [0.25, 0.3) is 5.69 Å². The molecule has 3 aromatic rings. The molecule has 0 spiro atoms. The number of nitrogens with zero attached hydrogens (tertiary/aromatic N) is 4. The third kappa shape index (κ3) is 5.93. The van der Waals surface area contributed by atoms with E-state index in [4.69, 9.17) is 33.7 Å². The molecule has 0 bridgehead atoms. The minimum absolute atomic E-state index is 0.215. The summed E-state index contributed by atoms with van der Waals surface area (Å²) in [4.78, 5) is 2.38. The van der Waals surface area contributed by atoms with Crippen LogP contribution in [0.1, 0.15) is 25.1 Å². The molecule has 1 fully saturated rings. The number of hydrogen-bond donors (Lipinski definition) is 0. The summed E-state index contributed by atoms with van der Waals surface area (Å²) in [6, 6.07) is 13.4. The fourth-order valence-electron chi connectivity index (χ4n) is 3.54. The maximum absolute atomic E-state index is 13.2. The lowest BCUT2D eigenvalue weighted by Crippen LogP contribution is -2.23. The zero-order valence-electron chi connectivity index (χ0n) is 17.5. The minimum Gasteiger partial charge on any atom is -0.486 e. The van der Waals surface area contributed by atoms with Crippen molar-refractivity contribution in [3.63, 3.8) is 0 Å². The van der Waals surface area contributed by atoms with Crippen molar-refractivity contribution in [1.29, 1.82) is 0 Å². The Morgan fingerprint density at radius 3 is 2.55 bits per heavy atom. The molecule has 0 amide bonds. The first-order valence-corrected chi connectivity index (χ1v) is 11.3. The van der Waals surface area contributed by atoms with Gasteiger partial charge < -0.3 is 9.64 Å². The van der Waals surface area contributed by atoms with Crippen LogP contribution in [0, 0.1) is 16.5 Å². The Bertz CT molecular complexity index is 1060. The summed E-state index contributed by atoms with van der Waals surface area (Å²) in [7, 11) is 2.17. The van der Waals surface area contributed by atoms with E-state index in [1.807, 2.05) is 33.5 Å². The van der Waals surface area contributed by atoms with E-state index in [-0.39, 0.29) is 12.4 Å². The second-order valence-electron chi connectivity index (χ2n) is 8.04. The number of halogens is 2. The molecule has 0 unspecified atom stereocenters. The lowest BCUT2D eigenvalue weighted by molar-refractivity contribution is 0.290. The van der Waals surface area contributed by atoms with E-state index in [9.17, 15) is 4.39 Å². The van der Waals surface area contributed by atoms with Crippen molar-refractivity contribution in [1.82, 2.24) is 19.2 Å². The lowest BCUT2D eigenvalue weighted by Gasteiger charge is -2.15. The second-order valence-corrected chi connectivity index (χ2v) is 8.84. The van der Waals surface area contributed by atoms with Crippen molar-refractivity contribution in [3.05, 3.63) is 70.0 Å². The average Bonchev–Trinajstić information content (AvgIpc) is 3.51. The Morgan fingerprint density at radius 2 is 1.87 bits per heavy atom. The Morgan fingerprint density at radius 1 is 1.16 bits per heavy atom. The smallest absolute Gasteiger partial charge is 0.202 e. The van der Waals surface area contributed by atoms with Crippen LogP contribution in [0.4, 0.5) is 4.39 Å². The summed E-state index contributed by atoms with van der Waals surface area (Å²) in [5, 5.41) is 5.39. The molecule has 0 saturated heterocycles. The van der Waals surface area contributed by atoms with Crippen LogP contribution >= 0.6 is 23.8 Å². The number of benzene rings is 2. The highest BCUT2D eigenvalue weighted by Gasteiger charge is 2.22. The van der Waals surface area contributed by atoms with Gasteiger partial charge in [-0.3, -0.25) is 4.57 Å². The van der Waals surface area contributed by atoms with Crippen LogP contribution in [0.5, 0.6) is 5.75 Å². The quantitative estimate of drug-likeness (QED) is 0.374. The highest BCUT2D eigenvalue weighted by Crippen LogP contribution is 2.29. The molecule has 1 aliphatic rings. The van der Waals surface area contributed by atoms with E-state index in [0.717, 1.165) is 31.1 Å². The Labute approximate surface area is 192 Å². The van der Waals surface area contributed by atoms with Gasteiger partial charge in [0.05, 0.1) is 0 Å². The van der Waals surface area contributed by atoms with Gasteiger partial charge in [-0.25, -0.2) is 9.07 Å². The van der Waals surface area contributed by atoms with E-state index in [0.29, 0.717) is 21.4 Å². The molecule has 8 heteroatoms. The summed E-state index contributed by atoms with van der Waals surface area (Å²) in [5.74, 6) is 1.84. The van der Waals surface area contributed by atoms with Gasteiger partial charge >= 0.3 is 0 Å². The number of hydrogen-bond acceptors (Lipinski definition) is 4. The van der Waals surface area contributed by atoms with Gasteiger partial charge in [0.25, 0.3) is 0 Å². The van der Waals surface area contributed by atoms with Gasteiger partial charge in [0.2, 0.25) is 4.77 Å². The van der Waals surface area contributed by atoms with Crippen LogP contribution in [-0.4, -0.2) is 39.4 Å². The van der Waals surface area contributed by atoms with E-state index in [1.165, 1.54) is 31.5 Å². The van der Waals surface area contributed by atoms with E-state index < -0.39 is 0 Å². The lowest BCUT2D eigenvalue weighted by atomic mass is 10.3. The normalized spacial score (nSPS) is 13.7. The molecule has 31 heavy (non-hydrogen) atoms. The van der Waals surface area contributed by atoms with Crippen molar-refractivity contribution >= 4 is 23.8 Å². The number of ether oxygens (including phenoxy) is 1. The van der Waals surface area contributed by atoms with Crippen molar-refractivity contribution in [2.24, 2.45) is 5.92 Å². The Balaban J connectivity index is 1.51. The van der Waals surface area contributed by atoms with Gasteiger partial charge in [0, 0.05) is 23.8 Å². The van der Waals surface area contributed by atoms with Gasteiger partial charge in [0.1, 0.15) is 18.2 Å². The molecule has 4 rings (SSSR count). The predicted octanol–water partition coefficient (Wildman–Crippen LogP) is 5.51. The van der Waals surface area contributed by atoms with E-state index >= 15 is 0 Å². The molecule has 0 aliphatic heterocycles. The molecular weight excluding hydrogens is 435 g/mol. The fraction of sp³-hybridized carbons (Fsp3) is 0.391. The highest BCUT2D eigenvalue weighted by molar-refractivity contribution is 7.71. The molecule has 0 N–H and O–H groups in total. The van der Waals surface area contributed by atoms with Gasteiger partial charge in [-0.15, -0.1) is 0 Å². The Hall–Kier alpha value is -2.22. The van der Waals surface area contributed by atoms with Gasteiger partial charge in [0.15, 0.2) is 5.82 Å². The molecule has 1 heterocycles. The number of aryl methyl sites for hydroxylation is 1. The molecule has 2 aromatic carbocycles. The van der Waals surface area contributed by atoms with Gasteiger partial charge in [-0.05, 0) is 99.5 Å². The monoisotopic (exact) mass is 460 g/mol. The molecule has 0 radical (unpaired) electrons. The topological polar surface area (TPSA) is 35.2 Å². The van der Waals surface area contributed by atoms with E-state index in [2.05, 4.69) is 11.9 Å². The van der Waals surface area contributed by atoms with Crippen molar-refractivity contribution in [3.8, 4) is 11.4 Å². The summed E-state index contributed by atoms with van der Waals surface area (Å²) in [6.07, 6.45) is 3.68. The number of aromatic nitrogens is 3. The molecule has 1 aliphatic carbocycles. The predicted molar refractivity (Wildman–Crippen MR) is 123 cm³/mol. The second kappa shape index (κ2) is 9.94. The SMILES string of the molecule is CN(CCCn1nc(COc2ccc(F)cc2)n(-c2ccc(Cl)cc2)c1=S)CC1CC1. The van der Waals surface area contributed by atoms with E-state index in [1.54, 1.807) is 12.1 Å². The summed E-state index contributed by atoms with van der Waals surface area (Å²) in [6.45, 7) is 3.12. The molecule has 5 nitrogen and oxygen atoms in total. The van der Waals surface area contributed by atoms with Crippen LogP contribution < -0.4 is 4.74 Å². The van der Waals surface area contributed by atoms with Crippen LogP contribution in [0.3, 0.4) is 0 Å². The van der Waals surface area contributed by atoms with Gasteiger partial charge in [-0.2, -0.15) is 5.10 Å². The van der Waals surface area contributed by atoms with Gasteiger partial charge in [-0.1, -0.05) is 11.6 Å². The molecule has 0 atom stereocenters. The third-order valence-corrected chi connectivity index (χ3v) is 5.99. The zero-order chi connectivity index (χ0) is 21.8. The first-order chi connectivity index (χ1) is 15.0. The van der Waals surface area contributed by atoms with Crippen LogP contribution in [0.15, 0.2) is 48.5 Å². The third-order valence-electron chi connectivity index (χ3n) is 5.35. The van der Waals surface area contributed by atoms with Crippen LogP contribution in [-0.2, 0) is 13.2 Å². The maximum Gasteiger partial charge on any atom is 0.202 e. The minimum atomic E-state index is -0.299. The molecular formula is C23H26ClFN4OS. The first kappa shape index (κ1) is 22.0.